The van der Waals surface area contributed by atoms with Crippen molar-refractivity contribution < 1.29 is 14.3 Å². The van der Waals surface area contributed by atoms with Gasteiger partial charge in [0.05, 0.1) is 12.5 Å². The number of rotatable bonds is 4. The molecule has 2 aromatic rings. The fraction of sp³-hybridized carbons (Fsp3) is 0.333. The van der Waals surface area contributed by atoms with E-state index < -0.39 is 0 Å². The van der Waals surface area contributed by atoms with E-state index in [0.717, 1.165) is 22.9 Å². The summed E-state index contributed by atoms with van der Waals surface area (Å²) in [5, 5.41) is 3.82. The number of aromatic nitrogens is 1. The summed E-state index contributed by atoms with van der Waals surface area (Å²) >= 11 is 0. The fourth-order valence-corrected chi connectivity index (χ4v) is 2.48. The second-order valence-corrected chi connectivity index (χ2v) is 5.02. The van der Waals surface area contributed by atoms with E-state index >= 15 is 0 Å². The lowest BCUT2D eigenvalue weighted by Gasteiger charge is -2.10. The minimum absolute atomic E-state index is 0.0303. The third-order valence-corrected chi connectivity index (χ3v) is 3.54. The first-order valence-electron chi connectivity index (χ1n) is 6.72. The Balaban J connectivity index is 1.57. The van der Waals surface area contributed by atoms with Gasteiger partial charge in [0.1, 0.15) is 6.61 Å². The van der Waals surface area contributed by atoms with Gasteiger partial charge in [-0.2, -0.15) is 0 Å². The standard InChI is InChI=1S/C15H16N2O3/c18-14-6-5-11(17-14)9-20-15(19)7-10-8-16-13-4-2-1-3-12(10)13/h1-4,8,11,16H,5-7,9H2,(H,17,18). The maximum atomic E-state index is 11.8. The smallest absolute Gasteiger partial charge is 0.310 e. The summed E-state index contributed by atoms with van der Waals surface area (Å²) in [4.78, 5) is 26.0. The predicted octanol–water partition coefficient (Wildman–Crippen LogP) is 1.53. The Bertz CT molecular complexity index is 647. The number of H-pyrrole nitrogens is 1. The van der Waals surface area contributed by atoms with E-state index in [4.69, 9.17) is 4.74 Å². The molecule has 0 aliphatic carbocycles. The van der Waals surface area contributed by atoms with E-state index in [9.17, 15) is 9.59 Å². The number of para-hydroxylation sites is 1. The van der Waals surface area contributed by atoms with Crippen LogP contribution in [0.3, 0.4) is 0 Å². The zero-order valence-electron chi connectivity index (χ0n) is 11.0. The van der Waals surface area contributed by atoms with Gasteiger partial charge < -0.3 is 15.0 Å². The topological polar surface area (TPSA) is 71.2 Å². The second kappa shape index (κ2) is 5.36. The molecule has 0 spiro atoms. The van der Waals surface area contributed by atoms with Gasteiger partial charge >= 0.3 is 5.97 Å². The molecule has 2 N–H and O–H groups in total. The van der Waals surface area contributed by atoms with Crippen LogP contribution in [0.5, 0.6) is 0 Å². The van der Waals surface area contributed by atoms with Gasteiger partial charge in [-0.05, 0) is 18.1 Å². The summed E-state index contributed by atoms with van der Waals surface area (Å²) in [5.41, 5.74) is 1.94. The number of nitrogens with one attached hydrogen (secondary N) is 2. The van der Waals surface area contributed by atoms with Crippen molar-refractivity contribution in [3.63, 3.8) is 0 Å². The van der Waals surface area contributed by atoms with E-state index in [-0.39, 0.29) is 30.9 Å². The SMILES string of the molecule is O=C1CCC(COC(=O)Cc2c[nH]c3ccccc23)N1. The van der Waals surface area contributed by atoms with Gasteiger partial charge in [0.15, 0.2) is 0 Å². The maximum absolute atomic E-state index is 11.8. The van der Waals surface area contributed by atoms with Crippen LogP contribution in [-0.4, -0.2) is 29.5 Å². The van der Waals surface area contributed by atoms with E-state index in [1.807, 2.05) is 30.5 Å². The van der Waals surface area contributed by atoms with Crippen molar-refractivity contribution in [1.29, 1.82) is 0 Å². The summed E-state index contributed by atoms with van der Waals surface area (Å²) in [6, 6.07) is 7.81. The lowest BCUT2D eigenvalue weighted by Crippen LogP contribution is -2.31. The first kappa shape index (κ1) is 12.7. The third-order valence-electron chi connectivity index (χ3n) is 3.54. The molecule has 0 saturated carbocycles. The molecular weight excluding hydrogens is 256 g/mol. The number of hydrogen-bond donors (Lipinski definition) is 2. The Hall–Kier alpha value is -2.30. The zero-order chi connectivity index (χ0) is 13.9. The molecule has 1 atom stereocenters. The van der Waals surface area contributed by atoms with Gasteiger partial charge in [-0.15, -0.1) is 0 Å². The van der Waals surface area contributed by atoms with Crippen LogP contribution in [0.4, 0.5) is 0 Å². The first-order valence-corrected chi connectivity index (χ1v) is 6.72. The Morgan fingerprint density at radius 1 is 1.35 bits per heavy atom. The molecule has 2 heterocycles. The molecule has 1 unspecified atom stereocenters. The summed E-state index contributed by atoms with van der Waals surface area (Å²) in [7, 11) is 0. The molecule has 0 bridgehead atoms. The molecule has 5 nitrogen and oxygen atoms in total. The number of fused-ring (bicyclic) bond motifs is 1. The van der Waals surface area contributed by atoms with E-state index in [1.54, 1.807) is 0 Å². The minimum Gasteiger partial charge on any atom is -0.463 e. The van der Waals surface area contributed by atoms with Crippen molar-refractivity contribution in [2.75, 3.05) is 6.61 Å². The number of aromatic amines is 1. The van der Waals surface area contributed by atoms with Gasteiger partial charge in [0.2, 0.25) is 5.91 Å². The van der Waals surface area contributed by atoms with Crippen LogP contribution in [0.2, 0.25) is 0 Å². The zero-order valence-corrected chi connectivity index (χ0v) is 11.0. The Labute approximate surface area is 116 Å². The summed E-state index contributed by atoms with van der Waals surface area (Å²) in [6.45, 7) is 0.257. The van der Waals surface area contributed by atoms with Gasteiger partial charge in [-0.3, -0.25) is 9.59 Å². The van der Waals surface area contributed by atoms with Crippen molar-refractivity contribution in [2.24, 2.45) is 0 Å². The summed E-state index contributed by atoms with van der Waals surface area (Å²) in [6.07, 6.45) is 3.33. The number of benzene rings is 1. The largest absolute Gasteiger partial charge is 0.463 e. The predicted molar refractivity (Wildman–Crippen MR) is 74.1 cm³/mol. The average molecular weight is 272 g/mol. The van der Waals surface area contributed by atoms with Gasteiger partial charge in [-0.25, -0.2) is 0 Å². The van der Waals surface area contributed by atoms with Gasteiger partial charge in [0.25, 0.3) is 0 Å². The molecule has 1 aromatic carbocycles. The molecule has 1 aliphatic rings. The molecule has 3 rings (SSSR count). The molecule has 104 valence electrons. The monoisotopic (exact) mass is 272 g/mol. The van der Waals surface area contributed by atoms with Crippen LogP contribution in [-0.2, 0) is 20.7 Å². The molecule has 1 aromatic heterocycles. The number of carbonyl (C=O) groups excluding carboxylic acids is 2. The highest BCUT2D eigenvalue weighted by Crippen LogP contribution is 2.18. The quantitative estimate of drug-likeness (QED) is 0.829. The number of carbonyl (C=O) groups is 2. The van der Waals surface area contributed by atoms with E-state index in [0.29, 0.717) is 6.42 Å². The van der Waals surface area contributed by atoms with Crippen molar-refractivity contribution in [1.82, 2.24) is 10.3 Å². The highest BCUT2D eigenvalue weighted by atomic mass is 16.5. The lowest BCUT2D eigenvalue weighted by molar-refractivity contribution is -0.143. The Kier molecular flexibility index (Phi) is 3.41. The van der Waals surface area contributed by atoms with E-state index in [2.05, 4.69) is 10.3 Å². The lowest BCUT2D eigenvalue weighted by atomic mass is 10.1. The van der Waals surface area contributed by atoms with E-state index in [1.165, 1.54) is 0 Å². The number of hydrogen-bond acceptors (Lipinski definition) is 3. The number of amides is 1. The molecule has 1 aliphatic heterocycles. The third kappa shape index (κ3) is 2.66. The second-order valence-electron chi connectivity index (χ2n) is 5.02. The van der Waals surface area contributed by atoms with Crippen molar-refractivity contribution in [3.05, 3.63) is 36.0 Å². The van der Waals surface area contributed by atoms with Crippen molar-refractivity contribution >= 4 is 22.8 Å². The number of esters is 1. The minimum atomic E-state index is -0.268. The highest BCUT2D eigenvalue weighted by molar-refractivity contribution is 5.87. The normalized spacial score (nSPS) is 18.2. The molecule has 20 heavy (non-hydrogen) atoms. The van der Waals surface area contributed by atoms with Crippen LogP contribution in [0.1, 0.15) is 18.4 Å². The molecule has 5 heteroatoms. The maximum Gasteiger partial charge on any atom is 0.310 e. The van der Waals surface area contributed by atoms with Crippen molar-refractivity contribution in [3.8, 4) is 0 Å². The molecule has 0 radical (unpaired) electrons. The van der Waals surface area contributed by atoms with Gasteiger partial charge in [0, 0.05) is 23.5 Å². The summed E-state index contributed by atoms with van der Waals surface area (Å²) in [5.74, 6) is -0.237. The molecular formula is C15H16N2O3. The fourth-order valence-electron chi connectivity index (χ4n) is 2.48. The molecule has 1 saturated heterocycles. The highest BCUT2D eigenvalue weighted by Gasteiger charge is 2.22. The average Bonchev–Trinajstić information content (AvgIpc) is 3.04. The van der Waals surface area contributed by atoms with Gasteiger partial charge in [-0.1, -0.05) is 18.2 Å². The van der Waals surface area contributed by atoms with Crippen LogP contribution in [0.25, 0.3) is 10.9 Å². The van der Waals surface area contributed by atoms with Crippen LogP contribution >= 0.6 is 0 Å². The van der Waals surface area contributed by atoms with Crippen LogP contribution in [0.15, 0.2) is 30.5 Å². The van der Waals surface area contributed by atoms with Crippen LogP contribution < -0.4 is 5.32 Å². The Morgan fingerprint density at radius 3 is 3.00 bits per heavy atom. The number of ether oxygens (including phenoxy) is 1. The summed E-state index contributed by atoms with van der Waals surface area (Å²) < 4.78 is 5.23. The molecule has 1 fully saturated rings. The van der Waals surface area contributed by atoms with Crippen LogP contribution in [0, 0.1) is 0 Å². The first-order chi connectivity index (χ1) is 9.72. The Morgan fingerprint density at radius 2 is 2.20 bits per heavy atom. The van der Waals surface area contributed by atoms with Crippen molar-refractivity contribution in [2.45, 2.75) is 25.3 Å². The molecule has 1 amide bonds.